The second-order valence-corrected chi connectivity index (χ2v) is 3.17. The van der Waals surface area contributed by atoms with Crippen molar-refractivity contribution in [2.24, 2.45) is 0 Å². The average Bonchev–Trinajstić information content (AvgIpc) is 2.27. The van der Waals surface area contributed by atoms with E-state index in [1.807, 2.05) is 6.92 Å². The van der Waals surface area contributed by atoms with E-state index in [4.69, 9.17) is 4.74 Å². The van der Waals surface area contributed by atoms with Crippen LogP contribution in [0.5, 0.6) is 5.75 Å². The summed E-state index contributed by atoms with van der Waals surface area (Å²) in [6, 6.07) is 3.97. The molecule has 0 aliphatic carbocycles. The first-order valence-corrected chi connectivity index (χ1v) is 5.01. The van der Waals surface area contributed by atoms with Crippen LogP contribution >= 0.6 is 0 Å². The van der Waals surface area contributed by atoms with Crippen molar-refractivity contribution in [3.05, 3.63) is 24.0 Å². The summed E-state index contributed by atoms with van der Waals surface area (Å²) >= 11 is 0. The zero-order valence-electron chi connectivity index (χ0n) is 9.34. The topological polar surface area (TPSA) is 50.4 Å². The van der Waals surface area contributed by atoms with Crippen LogP contribution in [-0.4, -0.2) is 26.1 Å². The number of methoxy groups -OCH3 is 1. The summed E-state index contributed by atoms with van der Waals surface area (Å²) in [5, 5.41) is 5.44. The number of anilines is 1. The molecule has 0 spiro atoms. The zero-order valence-corrected chi connectivity index (χ0v) is 9.34. The van der Waals surface area contributed by atoms with Crippen LogP contribution < -0.4 is 15.4 Å². The second-order valence-electron chi connectivity index (χ2n) is 3.17. The Bertz CT molecular complexity index is 369. The van der Waals surface area contributed by atoms with Crippen molar-refractivity contribution in [3.8, 4) is 5.75 Å². The number of hydrogen-bond donors (Lipinski definition) is 2. The van der Waals surface area contributed by atoms with E-state index in [1.54, 1.807) is 0 Å². The van der Waals surface area contributed by atoms with E-state index in [0.717, 1.165) is 0 Å². The molecule has 1 amide bonds. The van der Waals surface area contributed by atoms with Gasteiger partial charge in [-0.1, -0.05) is 6.92 Å². The standard InChI is InChI=1S/C11H15FN2O2/c1-3-13-7-11(15)14-9-6-8(12)4-5-10(9)16-2/h4-6,13H,3,7H2,1-2H3,(H,14,15). The molecule has 2 N–H and O–H groups in total. The zero-order chi connectivity index (χ0) is 12.0. The third kappa shape index (κ3) is 3.51. The minimum absolute atomic E-state index is 0.191. The molecule has 0 aromatic heterocycles. The van der Waals surface area contributed by atoms with Gasteiger partial charge in [0.05, 0.1) is 19.3 Å². The Morgan fingerprint density at radius 3 is 2.88 bits per heavy atom. The fraction of sp³-hybridized carbons (Fsp3) is 0.364. The molecule has 0 unspecified atom stereocenters. The molecule has 0 bridgehead atoms. The molecule has 0 heterocycles. The van der Waals surface area contributed by atoms with E-state index >= 15 is 0 Å². The maximum Gasteiger partial charge on any atom is 0.238 e. The first-order valence-electron chi connectivity index (χ1n) is 5.01. The van der Waals surface area contributed by atoms with Crippen LogP contribution in [0, 0.1) is 5.82 Å². The molecule has 1 rings (SSSR count). The van der Waals surface area contributed by atoms with Crippen molar-refractivity contribution in [3.63, 3.8) is 0 Å². The van der Waals surface area contributed by atoms with Crippen LogP contribution in [0.3, 0.4) is 0 Å². The summed E-state index contributed by atoms with van der Waals surface area (Å²) in [7, 11) is 1.47. The van der Waals surface area contributed by atoms with Crippen LogP contribution in [0.15, 0.2) is 18.2 Å². The molecule has 4 nitrogen and oxygen atoms in total. The molecule has 0 saturated heterocycles. The number of carbonyl (C=O) groups is 1. The maximum atomic E-state index is 13.0. The van der Waals surface area contributed by atoms with Gasteiger partial charge in [0.25, 0.3) is 0 Å². The van der Waals surface area contributed by atoms with Gasteiger partial charge < -0.3 is 15.4 Å². The van der Waals surface area contributed by atoms with Gasteiger partial charge in [0, 0.05) is 6.07 Å². The second kappa shape index (κ2) is 6.07. The van der Waals surface area contributed by atoms with Crippen molar-refractivity contribution in [2.45, 2.75) is 6.92 Å². The molecule has 0 atom stereocenters. The molecule has 5 heteroatoms. The lowest BCUT2D eigenvalue weighted by Crippen LogP contribution is -2.27. The fourth-order valence-corrected chi connectivity index (χ4v) is 1.21. The Hall–Kier alpha value is -1.62. The van der Waals surface area contributed by atoms with Crippen LogP contribution in [0.25, 0.3) is 0 Å². The van der Waals surface area contributed by atoms with Gasteiger partial charge >= 0.3 is 0 Å². The largest absolute Gasteiger partial charge is 0.495 e. The lowest BCUT2D eigenvalue weighted by Gasteiger charge is -2.10. The smallest absolute Gasteiger partial charge is 0.238 e. The first-order chi connectivity index (χ1) is 7.67. The van der Waals surface area contributed by atoms with Gasteiger partial charge in [0.2, 0.25) is 5.91 Å². The molecule has 0 saturated carbocycles. The van der Waals surface area contributed by atoms with Crippen LogP contribution in [0.4, 0.5) is 10.1 Å². The van der Waals surface area contributed by atoms with Crippen molar-refractivity contribution >= 4 is 11.6 Å². The molecule has 88 valence electrons. The molecule has 0 aliphatic rings. The first kappa shape index (κ1) is 12.4. The van der Waals surface area contributed by atoms with Gasteiger partial charge in [0.15, 0.2) is 0 Å². The van der Waals surface area contributed by atoms with Gasteiger partial charge in [-0.25, -0.2) is 4.39 Å². The molecule has 1 aromatic carbocycles. The predicted molar refractivity (Wildman–Crippen MR) is 60.1 cm³/mol. The molecule has 0 aliphatic heterocycles. The molecule has 0 radical (unpaired) electrons. The summed E-state index contributed by atoms with van der Waals surface area (Å²) in [6.07, 6.45) is 0. The number of likely N-dealkylation sites (N-methyl/N-ethyl adjacent to an activating group) is 1. The van der Waals surface area contributed by atoms with Crippen LogP contribution in [0.1, 0.15) is 6.92 Å². The Morgan fingerprint density at radius 1 is 1.50 bits per heavy atom. The van der Waals surface area contributed by atoms with Gasteiger partial charge in [-0.05, 0) is 18.7 Å². The third-order valence-corrected chi connectivity index (χ3v) is 1.97. The summed E-state index contributed by atoms with van der Waals surface area (Å²) in [6.45, 7) is 2.79. The van der Waals surface area contributed by atoms with Crippen LogP contribution in [-0.2, 0) is 4.79 Å². The monoisotopic (exact) mass is 226 g/mol. The summed E-state index contributed by atoms with van der Waals surface area (Å²) < 4.78 is 18.0. The minimum Gasteiger partial charge on any atom is -0.495 e. The highest BCUT2D eigenvalue weighted by molar-refractivity contribution is 5.93. The SMILES string of the molecule is CCNCC(=O)Nc1cc(F)ccc1OC. The number of rotatable bonds is 5. The number of amides is 1. The maximum absolute atomic E-state index is 13.0. The number of hydrogen-bond acceptors (Lipinski definition) is 3. The Labute approximate surface area is 93.8 Å². The third-order valence-electron chi connectivity index (χ3n) is 1.97. The molecule has 16 heavy (non-hydrogen) atoms. The molecule has 0 fully saturated rings. The Kier molecular flexibility index (Phi) is 4.72. The highest BCUT2D eigenvalue weighted by Gasteiger charge is 2.07. The lowest BCUT2D eigenvalue weighted by molar-refractivity contribution is -0.115. The van der Waals surface area contributed by atoms with Crippen molar-refractivity contribution < 1.29 is 13.9 Å². The number of ether oxygens (including phenoxy) is 1. The number of carbonyl (C=O) groups excluding carboxylic acids is 1. The average molecular weight is 226 g/mol. The van der Waals surface area contributed by atoms with Crippen molar-refractivity contribution in [2.75, 3.05) is 25.5 Å². The summed E-state index contributed by atoms with van der Waals surface area (Å²) in [5.74, 6) is -0.212. The number of nitrogens with one attached hydrogen (secondary N) is 2. The van der Waals surface area contributed by atoms with Gasteiger partial charge in [-0.3, -0.25) is 4.79 Å². The van der Waals surface area contributed by atoms with E-state index in [-0.39, 0.29) is 12.5 Å². The van der Waals surface area contributed by atoms with E-state index in [1.165, 1.54) is 25.3 Å². The predicted octanol–water partition coefficient (Wildman–Crippen LogP) is 1.38. The quantitative estimate of drug-likeness (QED) is 0.797. The van der Waals surface area contributed by atoms with E-state index in [9.17, 15) is 9.18 Å². The van der Waals surface area contributed by atoms with Gasteiger partial charge in [-0.2, -0.15) is 0 Å². The number of benzene rings is 1. The van der Waals surface area contributed by atoms with Gasteiger partial charge in [0.1, 0.15) is 11.6 Å². The van der Waals surface area contributed by atoms with Crippen LogP contribution in [0.2, 0.25) is 0 Å². The highest BCUT2D eigenvalue weighted by atomic mass is 19.1. The molecular formula is C11H15FN2O2. The summed E-state index contributed by atoms with van der Waals surface area (Å²) in [4.78, 5) is 11.4. The highest BCUT2D eigenvalue weighted by Crippen LogP contribution is 2.24. The van der Waals surface area contributed by atoms with E-state index in [0.29, 0.717) is 18.0 Å². The van der Waals surface area contributed by atoms with Crippen molar-refractivity contribution in [1.82, 2.24) is 5.32 Å². The molecular weight excluding hydrogens is 211 g/mol. The fourth-order valence-electron chi connectivity index (χ4n) is 1.21. The lowest BCUT2D eigenvalue weighted by atomic mass is 10.3. The normalized spacial score (nSPS) is 9.94. The van der Waals surface area contributed by atoms with Gasteiger partial charge in [-0.15, -0.1) is 0 Å². The number of halogens is 1. The summed E-state index contributed by atoms with van der Waals surface area (Å²) in [5.41, 5.74) is 0.338. The van der Waals surface area contributed by atoms with Crippen molar-refractivity contribution in [1.29, 1.82) is 0 Å². The Balaban J connectivity index is 2.71. The Morgan fingerprint density at radius 2 is 2.25 bits per heavy atom. The van der Waals surface area contributed by atoms with E-state index < -0.39 is 5.82 Å². The van der Waals surface area contributed by atoms with E-state index in [2.05, 4.69) is 10.6 Å². The minimum atomic E-state index is -0.417. The molecule has 1 aromatic rings.